The Bertz CT molecular complexity index is 2780. The van der Waals surface area contributed by atoms with E-state index >= 15 is 0 Å². The zero-order chi connectivity index (χ0) is 31.6. The number of fused-ring (bicyclic) bond motifs is 7. The Morgan fingerprint density at radius 3 is 2.35 bits per heavy atom. The number of hydrogen-bond donors (Lipinski definition) is 0. The minimum Gasteiger partial charge on any atom is -0.456 e. The highest BCUT2D eigenvalue weighted by molar-refractivity contribution is 7.26. The van der Waals surface area contributed by atoms with E-state index in [-0.39, 0.29) is 5.92 Å². The summed E-state index contributed by atoms with van der Waals surface area (Å²) >= 11 is 1.81. The first-order valence-corrected chi connectivity index (χ1v) is 17.3. The summed E-state index contributed by atoms with van der Waals surface area (Å²) in [4.78, 5) is 15.7. The molecule has 5 aromatic carbocycles. The number of hydrogen-bond acceptors (Lipinski definition) is 5. The van der Waals surface area contributed by atoms with Gasteiger partial charge in [-0.25, -0.2) is 15.0 Å². The van der Waals surface area contributed by atoms with Crippen molar-refractivity contribution in [1.82, 2.24) is 15.0 Å². The summed E-state index contributed by atoms with van der Waals surface area (Å²) in [7, 11) is 0. The number of allylic oxidation sites excluding steroid dienone is 4. The van der Waals surface area contributed by atoms with E-state index in [1.165, 1.54) is 41.7 Å². The van der Waals surface area contributed by atoms with Crippen molar-refractivity contribution >= 4 is 70.7 Å². The fourth-order valence-corrected chi connectivity index (χ4v) is 8.69. The van der Waals surface area contributed by atoms with Gasteiger partial charge in [0, 0.05) is 48.0 Å². The molecule has 0 saturated heterocycles. The molecule has 0 spiro atoms. The molecular formula is C43H29N3OS. The third-order valence-electron chi connectivity index (χ3n) is 9.70. The van der Waals surface area contributed by atoms with Gasteiger partial charge in [0.05, 0.1) is 0 Å². The third kappa shape index (κ3) is 4.39. The van der Waals surface area contributed by atoms with Crippen LogP contribution in [0.25, 0.3) is 70.7 Å². The Balaban J connectivity index is 1.19. The van der Waals surface area contributed by atoms with Crippen LogP contribution in [0.2, 0.25) is 0 Å². The summed E-state index contributed by atoms with van der Waals surface area (Å²) in [6.07, 6.45) is 11.8. The van der Waals surface area contributed by atoms with E-state index in [2.05, 4.69) is 127 Å². The molecule has 0 fully saturated rings. The van der Waals surface area contributed by atoms with Crippen molar-refractivity contribution in [1.29, 1.82) is 0 Å². The van der Waals surface area contributed by atoms with Crippen LogP contribution in [0.4, 0.5) is 0 Å². The summed E-state index contributed by atoms with van der Waals surface area (Å²) in [5, 5.41) is 7.24. The van der Waals surface area contributed by atoms with E-state index in [0.29, 0.717) is 0 Å². The molecule has 2 aliphatic rings. The number of aromatic nitrogens is 3. The molecule has 0 bridgehead atoms. The molecule has 228 valence electrons. The third-order valence-corrected chi connectivity index (χ3v) is 10.9. The molecule has 0 saturated carbocycles. The van der Waals surface area contributed by atoms with Crippen LogP contribution in [0.5, 0.6) is 0 Å². The van der Waals surface area contributed by atoms with Gasteiger partial charge in [-0.15, -0.1) is 11.3 Å². The zero-order valence-corrected chi connectivity index (χ0v) is 26.9. The Morgan fingerprint density at radius 1 is 0.646 bits per heavy atom. The number of nitrogens with zero attached hydrogens (tertiary/aromatic N) is 3. The molecule has 5 heteroatoms. The van der Waals surface area contributed by atoms with Crippen LogP contribution in [-0.4, -0.2) is 15.0 Å². The fourth-order valence-electron chi connectivity index (χ4n) is 7.48. The largest absolute Gasteiger partial charge is 0.456 e. The van der Waals surface area contributed by atoms with Crippen molar-refractivity contribution in [2.75, 3.05) is 0 Å². The van der Waals surface area contributed by atoms with Crippen molar-refractivity contribution in [3.8, 4) is 11.4 Å². The van der Waals surface area contributed by atoms with Gasteiger partial charge in [0.1, 0.15) is 17.0 Å². The van der Waals surface area contributed by atoms with E-state index in [4.69, 9.17) is 19.4 Å². The first-order chi connectivity index (χ1) is 23.8. The minimum atomic E-state index is -0.0430. The summed E-state index contributed by atoms with van der Waals surface area (Å²) in [5.74, 6) is 2.22. The van der Waals surface area contributed by atoms with Gasteiger partial charge >= 0.3 is 0 Å². The predicted molar refractivity (Wildman–Crippen MR) is 198 cm³/mol. The van der Waals surface area contributed by atoms with Gasteiger partial charge in [-0.2, -0.15) is 0 Å². The lowest BCUT2D eigenvalue weighted by Gasteiger charge is -2.21. The van der Waals surface area contributed by atoms with Crippen LogP contribution < -0.4 is 10.4 Å². The molecule has 2 aliphatic carbocycles. The van der Waals surface area contributed by atoms with Crippen molar-refractivity contribution in [2.24, 2.45) is 0 Å². The van der Waals surface area contributed by atoms with Crippen molar-refractivity contribution in [2.45, 2.75) is 25.2 Å². The maximum Gasteiger partial charge on any atom is 0.165 e. The smallest absolute Gasteiger partial charge is 0.165 e. The second-order valence-electron chi connectivity index (χ2n) is 12.6. The maximum atomic E-state index is 6.32. The van der Waals surface area contributed by atoms with Gasteiger partial charge in [0.2, 0.25) is 0 Å². The van der Waals surface area contributed by atoms with E-state index < -0.39 is 0 Å². The lowest BCUT2D eigenvalue weighted by molar-refractivity contribution is 0.669. The Labute approximate surface area is 280 Å². The maximum absolute atomic E-state index is 6.32. The first kappa shape index (κ1) is 27.5. The highest BCUT2D eigenvalue weighted by atomic mass is 32.1. The number of benzene rings is 5. The quantitative estimate of drug-likeness (QED) is 0.193. The van der Waals surface area contributed by atoms with Crippen molar-refractivity contribution in [3.63, 3.8) is 0 Å². The van der Waals surface area contributed by atoms with E-state index in [0.717, 1.165) is 69.8 Å². The average molecular weight is 636 g/mol. The van der Waals surface area contributed by atoms with Crippen molar-refractivity contribution in [3.05, 3.63) is 155 Å². The van der Waals surface area contributed by atoms with Gasteiger partial charge in [-0.3, -0.25) is 0 Å². The minimum absolute atomic E-state index is 0.0430. The van der Waals surface area contributed by atoms with Crippen molar-refractivity contribution < 1.29 is 4.42 Å². The van der Waals surface area contributed by atoms with Crippen LogP contribution in [0.1, 0.15) is 42.4 Å². The van der Waals surface area contributed by atoms with E-state index in [1.807, 2.05) is 17.4 Å². The second kappa shape index (κ2) is 11.0. The summed E-state index contributed by atoms with van der Waals surface area (Å²) in [6, 6.07) is 38.6. The molecule has 0 N–H and O–H groups in total. The highest BCUT2D eigenvalue weighted by Gasteiger charge is 2.25. The number of furan rings is 1. The van der Waals surface area contributed by atoms with Crippen LogP contribution in [-0.2, 0) is 0 Å². The molecule has 3 aromatic heterocycles. The zero-order valence-electron chi connectivity index (χ0n) is 26.1. The van der Waals surface area contributed by atoms with Crippen LogP contribution in [0.15, 0.2) is 132 Å². The molecule has 48 heavy (non-hydrogen) atoms. The number of para-hydroxylation sites is 1. The monoisotopic (exact) mass is 635 g/mol. The molecule has 0 radical (unpaired) electrons. The summed E-state index contributed by atoms with van der Waals surface area (Å²) in [5.41, 5.74) is 6.40. The Hall–Kier alpha value is -5.65. The number of rotatable bonds is 4. The molecule has 1 unspecified atom stereocenters. The first-order valence-electron chi connectivity index (χ1n) is 16.5. The van der Waals surface area contributed by atoms with Crippen LogP contribution in [0.3, 0.4) is 0 Å². The molecule has 4 nitrogen and oxygen atoms in total. The fraction of sp³-hybridized carbons (Fsp3) is 0.0930. The topological polar surface area (TPSA) is 51.8 Å². The Morgan fingerprint density at radius 2 is 1.42 bits per heavy atom. The SMILES string of the molecule is C1=CC(c2nc(-c3cccc4c3sc3ccccc34)nc(C3C=c4ccccc4=C(c4cccc5oc6ccccc6c45)C3)n2)=CCC1. The van der Waals surface area contributed by atoms with Gasteiger partial charge in [-0.1, -0.05) is 109 Å². The summed E-state index contributed by atoms with van der Waals surface area (Å²) < 4.78 is 8.80. The van der Waals surface area contributed by atoms with E-state index in [9.17, 15) is 0 Å². The standard InChI is InChI=1S/C43H29N3OS/c1-2-12-26(13-3-1)41-44-42(46-43(45-41)34-20-10-19-32-30-16-7-9-23-38(30)48-40(32)34)28-24-27-14-4-5-15-29(27)35(25-28)31-18-11-22-37-39(31)33-17-6-8-21-36(33)47-37/h2,4-24,28H,1,3,25H2. The molecule has 0 amide bonds. The van der Waals surface area contributed by atoms with Crippen LogP contribution >= 0.6 is 11.3 Å². The number of thiophene rings is 1. The molecule has 3 heterocycles. The lowest BCUT2D eigenvalue weighted by atomic mass is 9.85. The predicted octanol–water partition coefficient (Wildman–Crippen LogP) is 9.71. The van der Waals surface area contributed by atoms with E-state index in [1.54, 1.807) is 0 Å². The van der Waals surface area contributed by atoms with Crippen LogP contribution in [0, 0.1) is 0 Å². The summed E-state index contributed by atoms with van der Waals surface area (Å²) in [6.45, 7) is 0. The van der Waals surface area contributed by atoms with Gasteiger partial charge in [-0.05, 0) is 65.1 Å². The second-order valence-corrected chi connectivity index (χ2v) is 13.6. The molecule has 0 aliphatic heterocycles. The lowest BCUT2D eigenvalue weighted by Crippen LogP contribution is -2.32. The highest BCUT2D eigenvalue weighted by Crippen LogP contribution is 2.41. The molecule has 10 rings (SSSR count). The molecular weight excluding hydrogens is 607 g/mol. The van der Waals surface area contributed by atoms with Gasteiger partial charge < -0.3 is 4.42 Å². The average Bonchev–Trinajstić information content (AvgIpc) is 3.73. The van der Waals surface area contributed by atoms with Gasteiger partial charge in [0.25, 0.3) is 0 Å². The molecule has 1 atom stereocenters. The van der Waals surface area contributed by atoms with Gasteiger partial charge in [0.15, 0.2) is 11.6 Å². The normalized spacial score (nSPS) is 16.0. The Kier molecular flexibility index (Phi) is 6.27. The molecule has 8 aromatic rings.